The van der Waals surface area contributed by atoms with E-state index in [-0.39, 0.29) is 5.82 Å². The second kappa shape index (κ2) is 9.46. The van der Waals surface area contributed by atoms with E-state index in [1.165, 1.54) is 23.5 Å². The van der Waals surface area contributed by atoms with Crippen LogP contribution in [0.15, 0.2) is 95.5 Å². The fraction of sp³-hybridized carbons (Fsp3) is 0.0400. The molecule has 3 aromatic heterocycles. The molecule has 0 saturated carbocycles. The van der Waals surface area contributed by atoms with E-state index in [1.807, 2.05) is 64.4 Å². The molecule has 7 heteroatoms. The number of anilines is 2. The molecule has 160 valence electrons. The number of imidazole rings is 1. The van der Waals surface area contributed by atoms with Gasteiger partial charge < -0.3 is 4.90 Å². The Labute approximate surface area is 198 Å². The Balaban J connectivity index is 1.75. The normalized spacial score (nSPS) is 11.6. The van der Waals surface area contributed by atoms with Gasteiger partial charge in [-0.15, -0.1) is 11.3 Å². The standard InChI is InChI=1S/C25H20BrFN4S/c1-4-5-6-17(2)7-13-21-24(31-15-19(26)10-14-23(31)28-21)30(3)25-29-22(16-32-25)18-8-11-20(27)12-9-18/h4-16H,1-2H2,3H3/b6-5-,13-7+. The van der Waals surface area contributed by atoms with Gasteiger partial charge in [-0.05, 0) is 64.0 Å². The van der Waals surface area contributed by atoms with E-state index in [9.17, 15) is 4.39 Å². The monoisotopic (exact) mass is 506 g/mol. The molecule has 0 bridgehead atoms. The van der Waals surface area contributed by atoms with E-state index in [1.54, 1.807) is 18.2 Å². The van der Waals surface area contributed by atoms with Gasteiger partial charge in [0.1, 0.15) is 23.0 Å². The van der Waals surface area contributed by atoms with Gasteiger partial charge in [0.05, 0.1) is 5.69 Å². The van der Waals surface area contributed by atoms with Crippen LogP contribution < -0.4 is 4.90 Å². The third-order valence-electron chi connectivity index (χ3n) is 4.72. The minimum Gasteiger partial charge on any atom is -0.305 e. The maximum absolute atomic E-state index is 13.3. The molecule has 0 atom stereocenters. The highest BCUT2D eigenvalue weighted by Crippen LogP contribution is 2.34. The Kier molecular flexibility index (Phi) is 6.48. The number of allylic oxidation sites excluding steroid dienone is 5. The molecule has 0 N–H and O–H groups in total. The molecule has 4 aromatic rings. The first-order valence-electron chi connectivity index (χ1n) is 9.75. The molecule has 32 heavy (non-hydrogen) atoms. The highest BCUT2D eigenvalue weighted by molar-refractivity contribution is 9.10. The third kappa shape index (κ3) is 4.64. The molecule has 0 spiro atoms. The van der Waals surface area contributed by atoms with E-state index in [0.29, 0.717) is 0 Å². The Morgan fingerprint density at radius 1 is 1.16 bits per heavy atom. The topological polar surface area (TPSA) is 33.4 Å². The van der Waals surface area contributed by atoms with Crippen molar-refractivity contribution < 1.29 is 4.39 Å². The fourth-order valence-electron chi connectivity index (χ4n) is 3.17. The summed E-state index contributed by atoms with van der Waals surface area (Å²) in [5, 5.41) is 2.77. The first-order chi connectivity index (χ1) is 15.5. The molecule has 0 fully saturated rings. The van der Waals surface area contributed by atoms with Crippen LogP contribution in [0.1, 0.15) is 5.69 Å². The summed E-state index contributed by atoms with van der Waals surface area (Å²) in [6.07, 6.45) is 11.3. The van der Waals surface area contributed by atoms with Crippen LogP contribution in [-0.4, -0.2) is 21.4 Å². The van der Waals surface area contributed by atoms with Crippen LogP contribution in [-0.2, 0) is 0 Å². The molecule has 0 amide bonds. The van der Waals surface area contributed by atoms with Crippen LogP contribution in [0.3, 0.4) is 0 Å². The summed E-state index contributed by atoms with van der Waals surface area (Å²) in [5.41, 5.74) is 4.11. The molecule has 0 unspecified atom stereocenters. The van der Waals surface area contributed by atoms with Gasteiger partial charge in [-0.3, -0.25) is 4.40 Å². The zero-order valence-corrected chi connectivity index (χ0v) is 19.8. The summed E-state index contributed by atoms with van der Waals surface area (Å²) in [4.78, 5) is 11.6. The minimum atomic E-state index is -0.265. The quantitative estimate of drug-likeness (QED) is 0.244. The van der Waals surface area contributed by atoms with E-state index >= 15 is 0 Å². The first-order valence-corrected chi connectivity index (χ1v) is 11.4. The van der Waals surface area contributed by atoms with E-state index in [4.69, 9.17) is 9.97 Å². The molecule has 0 aliphatic rings. The van der Waals surface area contributed by atoms with Crippen molar-refractivity contribution in [2.75, 3.05) is 11.9 Å². The molecule has 4 rings (SSSR count). The van der Waals surface area contributed by atoms with Gasteiger partial charge in [-0.25, -0.2) is 14.4 Å². The third-order valence-corrected chi connectivity index (χ3v) is 6.11. The predicted octanol–water partition coefficient (Wildman–Crippen LogP) is 7.44. The predicted molar refractivity (Wildman–Crippen MR) is 136 cm³/mol. The zero-order valence-electron chi connectivity index (χ0n) is 17.4. The van der Waals surface area contributed by atoms with Crippen LogP contribution in [0.4, 0.5) is 15.3 Å². The van der Waals surface area contributed by atoms with Crippen molar-refractivity contribution in [2.24, 2.45) is 0 Å². The van der Waals surface area contributed by atoms with Gasteiger partial charge in [0.15, 0.2) is 5.13 Å². The van der Waals surface area contributed by atoms with Crippen molar-refractivity contribution in [3.05, 3.63) is 107 Å². The van der Waals surface area contributed by atoms with Crippen LogP contribution in [0.25, 0.3) is 23.0 Å². The van der Waals surface area contributed by atoms with Crippen LogP contribution in [0, 0.1) is 5.82 Å². The largest absolute Gasteiger partial charge is 0.305 e. The highest BCUT2D eigenvalue weighted by atomic mass is 79.9. The van der Waals surface area contributed by atoms with Gasteiger partial charge in [-0.2, -0.15) is 0 Å². The minimum absolute atomic E-state index is 0.265. The molecule has 0 saturated heterocycles. The van der Waals surface area contributed by atoms with Crippen molar-refractivity contribution in [1.82, 2.24) is 14.4 Å². The maximum atomic E-state index is 13.3. The van der Waals surface area contributed by atoms with Crippen LogP contribution >= 0.6 is 27.3 Å². The van der Waals surface area contributed by atoms with Crippen LogP contribution in [0.2, 0.25) is 0 Å². The Morgan fingerprint density at radius 3 is 2.69 bits per heavy atom. The van der Waals surface area contributed by atoms with E-state index in [2.05, 4.69) is 29.1 Å². The lowest BCUT2D eigenvalue weighted by Gasteiger charge is -2.16. The number of aromatic nitrogens is 3. The number of rotatable bonds is 7. The smallest absolute Gasteiger partial charge is 0.191 e. The lowest BCUT2D eigenvalue weighted by molar-refractivity contribution is 0.628. The fourth-order valence-corrected chi connectivity index (χ4v) is 4.30. The average Bonchev–Trinajstić information content (AvgIpc) is 3.41. The van der Waals surface area contributed by atoms with E-state index < -0.39 is 0 Å². The summed E-state index contributed by atoms with van der Waals surface area (Å²) < 4.78 is 16.2. The Bertz CT molecular complexity index is 1350. The van der Waals surface area contributed by atoms with Crippen molar-refractivity contribution in [3.8, 4) is 11.3 Å². The number of hydrogen-bond acceptors (Lipinski definition) is 4. The molecule has 1 aromatic carbocycles. The number of hydrogen-bond donors (Lipinski definition) is 0. The molecular formula is C25H20BrFN4S. The molecule has 0 aliphatic heterocycles. The van der Waals surface area contributed by atoms with Gasteiger partial charge in [0, 0.05) is 28.7 Å². The molecule has 4 nitrogen and oxygen atoms in total. The average molecular weight is 507 g/mol. The number of benzene rings is 1. The van der Waals surface area contributed by atoms with Crippen LogP contribution in [0.5, 0.6) is 0 Å². The summed E-state index contributed by atoms with van der Waals surface area (Å²) in [6, 6.07) is 10.3. The number of fused-ring (bicyclic) bond motifs is 1. The highest BCUT2D eigenvalue weighted by Gasteiger charge is 2.19. The molecular weight excluding hydrogens is 487 g/mol. The molecule has 3 heterocycles. The summed E-state index contributed by atoms with van der Waals surface area (Å²) in [6.45, 7) is 7.72. The number of pyridine rings is 1. The lowest BCUT2D eigenvalue weighted by atomic mass is 10.2. The SMILES string of the molecule is C=C/C=C\C(=C)/C=C/c1nc2ccc(Br)cn2c1N(C)c1nc(-c2ccc(F)cc2)cs1. The molecule has 0 aliphatic carbocycles. The number of thiazole rings is 1. The van der Waals surface area contributed by atoms with Crippen molar-refractivity contribution in [3.63, 3.8) is 0 Å². The summed E-state index contributed by atoms with van der Waals surface area (Å²) in [7, 11) is 1.96. The Hall–Kier alpha value is -3.29. The van der Waals surface area contributed by atoms with E-state index in [0.717, 1.165) is 43.6 Å². The second-order valence-corrected chi connectivity index (χ2v) is 8.73. The van der Waals surface area contributed by atoms with Crippen molar-refractivity contribution >= 4 is 49.9 Å². The van der Waals surface area contributed by atoms with Gasteiger partial charge in [0.2, 0.25) is 0 Å². The summed E-state index contributed by atoms with van der Waals surface area (Å²) in [5.74, 6) is 0.608. The Morgan fingerprint density at radius 2 is 1.94 bits per heavy atom. The van der Waals surface area contributed by atoms with Gasteiger partial charge >= 0.3 is 0 Å². The van der Waals surface area contributed by atoms with Crippen molar-refractivity contribution in [1.29, 1.82) is 0 Å². The summed E-state index contributed by atoms with van der Waals surface area (Å²) >= 11 is 5.07. The van der Waals surface area contributed by atoms with Crippen molar-refractivity contribution in [2.45, 2.75) is 0 Å². The lowest BCUT2D eigenvalue weighted by Crippen LogP contribution is -2.12. The zero-order chi connectivity index (χ0) is 22.7. The second-order valence-electron chi connectivity index (χ2n) is 6.98. The van der Waals surface area contributed by atoms with Gasteiger partial charge in [0.25, 0.3) is 0 Å². The number of halogens is 2. The first kappa shape index (κ1) is 21.9. The maximum Gasteiger partial charge on any atom is 0.191 e. The van der Waals surface area contributed by atoms with Gasteiger partial charge in [-0.1, -0.05) is 37.5 Å². The number of nitrogens with zero attached hydrogens (tertiary/aromatic N) is 4. The molecule has 0 radical (unpaired) electrons.